The van der Waals surface area contributed by atoms with Crippen LogP contribution in [0.2, 0.25) is 0 Å². The Bertz CT molecular complexity index is 388. The zero-order chi connectivity index (χ0) is 15.1. The van der Waals surface area contributed by atoms with Crippen LogP contribution in [0.25, 0.3) is 0 Å². The van der Waals surface area contributed by atoms with E-state index in [4.69, 9.17) is 0 Å². The van der Waals surface area contributed by atoms with Crippen LogP contribution in [0.4, 0.5) is 0 Å². The largest absolute Gasteiger partial charge is 0.307 e. The Morgan fingerprint density at radius 3 is 2.67 bits per heavy atom. The van der Waals surface area contributed by atoms with Gasteiger partial charge in [0.25, 0.3) is 0 Å². The predicted octanol–water partition coefficient (Wildman–Crippen LogP) is 4.24. The molecule has 21 heavy (non-hydrogen) atoms. The summed E-state index contributed by atoms with van der Waals surface area (Å²) >= 11 is 0. The van der Waals surface area contributed by atoms with E-state index in [0.717, 1.165) is 25.0 Å². The molecule has 1 saturated heterocycles. The van der Waals surface area contributed by atoms with E-state index in [0.29, 0.717) is 6.04 Å². The maximum absolute atomic E-state index is 3.76. The minimum atomic E-state index is 0.498. The van der Waals surface area contributed by atoms with E-state index >= 15 is 0 Å². The average Bonchev–Trinajstić information content (AvgIpc) is 2.49. The molecule has 1 heterocycles. The van der Waals surface area contributed by atoms with Crippen LogP contribution >= 0.6 is 0 Å². The topological polar surface area (TPSA) is 15.3 Å². The van der Waals surface area contributed by atoms with Gasteiger partial charge in [-0.1, -0.05) is 57.5 Å². The lowest BCUT2D eigenvalue weighted by molar-refractivity contribution is 0.119. The van der Waals surface area contributed by atoms with Crippen LogP contribution < -0.4 is 5.32 Å². The Hall–Kier alpha value is -0.860. The van der Waals surface area contributed by atoms with Crippen LogP contribution in [-0.2, 0) is 0 Å². The smallest absolute Gasteiger partial charge is 0.0449 e. The third kappa shape index (κ3) is 5.12. The lowest BCUT2D eigenvalue weighted by atomic mass is 9.98. The summed E-state index contributed by atoms with van der Waals surface area (Å²) in [5.41, 5.74) is 1.43. The lowest BCUT2D eigenvalue weighted by Gasteiger charge is -2.41. The van der Waals surface area contributed by atoms with Crippen LogP contribution in [0, 0.1) is 5.92 Å². The van der Waals surface area contributed by atoms with Crippen LogP contribution in [-0.4, -0.2) is 30.6 Å². The summed E-state index contributed by atoms with van der Waals surface area (Å²) in [4.78, 5) is 2.74. The fourth-order valence-corrected chi connectivity index (χ4v) is 3.36. The van der Waals surface area contributed by atoms with Gasteiger partial charge in [-0.25, -0.2) is 0 Å². The molecule has 118 valence electrons. The maximum Gasteiger partial charge on any atom is 0.0449 e. The number of hydrogen-bond acceptors (Lipinski definition) is 2. The maximum atomic E-state index is 3.76. The van der Waals surface area contributed by atoms with Crippen molar-refractivity contribution < 1.29 is 0 Å². The highest BCUT2D eigenvalue weighted by Crippen LogP contribution is 2.22. The predicted molar refractivity (Wildman–Crippen MR) is 91.5 cm³/mol. The molecule has 2 atom stereocenters. The van der Waals surface area contributed by atoms with Crippen molar-refractivity contribution >= 4 is 0 Å². The summed E-state index contributed by atoms with van der Waals surface area (Å²) in [6.45, 7) is 10.5. The highest BCUT2D eigenvalue weighted by Gasteiger charge is 2.27. The second-order valence-electron chi connectivity index (χ2n) is 6.85. The number of hydrogen-bond donors (Lipinski definition) is 1. The molecule has 2 heteroatoms. The first-order valence-electron chi connectivity index (χ1n) is 8.73. The van der Waals surface area contributed by atoms with E-state index in [9.17, 15) is 0 Å². The molecule has 0 amide bonds. The molecule has 1 fully saturated rings. The molecule has 1 aromatic carbocycles. The van der Waals surface area contributed by atoms with Gasteiger partial charge in [-0.2, -0.15) is 0 Å². The molecule has 1 aromatic rings. The Morgan fingerprint density at radius 2 is 2.00 bits per heavy atom. The van der Waals surface area contributed by atoms with Gasteiger partial charge >= 0.3 is 0 Å². The molecule has 0 radical (unpaired) electrons. The Balaban J connectivity index is 1.94. The molecular formula is C19H32N2. The monoisotopic (exact) mass is 288 g/mol. The highest BCUT2D eigenvalue weighted by molar-refractivity contribution is 5.20. The fourth-order valence-electron chi connectivity index (χ4n) is 3.36. The van der Waals surface area contributed by atoms with Crippen LogP contribution in [0.5, 0.6) is 0 Å². The normalized spacial score (nSPS) is 23.6. The van der Waals surface area contributed by atoms with Gasteiger partial charge in [-0.3, -0.25) is 4.90 Å². The third-order valence-corrected chi connectivity index (χ3v) is 4.58. The van der Waals surface area contributed by atoms with E-state index in [1.165, 1.54) is 37.8 Å². The van der Waals surface area contributed by atoms with Crippen molar-refractivity contribution in [2.75, 3.05) is 19.6 Å². The summed E-state index contributed by atoms with van der Waals surface area (Å²) in [5.74, 6) is 0.822. The van der Waals surface area contributed by atoms with Gasteiger partial charge in [0, 0.05) is 25.2 Å². The summed E-state index contributed by atoms with van der Waals surface area (Å²) in [7, 11) is 0. The summed E-state index contributed by atoms with van der Waals surface area (Å²) < 4.78 is 0. The number of nitrogens with zero attached hydrogens (tertiary/aromatic N) is 1. The van der Waals surface area contributed by atoms with E-state index in [-0.39, 0.29) is 0 Å². The van der Waals surface area contributed by atoms with Crippen molar-refractivity contribution in [2.24, 2.45) is 5.92 Å². The van der Waals surface area contributed by atoms with Crippen molar-refractivity contribution in [1.29, 1.82) is 0 Å². The Morgan fingerprint density at radius 1 is 1.24 bits per heavy atom. The van der Waals surface area contributed by atoms with E-state index in [1.54, 1.807) is 0 Å². The lowest BCUT2D eigenvalue weighted by Crippen LogP contribution is -2.52. The number of rotatable bonds is 7. The quantitative estimate of drug-likeness (QED) is 0.807. The third-order valence-electron chi connectivity index (χ3n) is 4.58. The van der Waals surface area contributed by atoms with Gasteiger partial charge in [0.15, 0.2) is 0 Å². The molecule has 2 unspecified atom stereocenters. The highest BCUT2D eigenvalue weighted by atomic mass is 15.2. The second-order valence-corrected chi connectivity index (χ2v) is 6.85. The van der Waals surface area contributed by atoms with Gasteiger partial charge in [0.1, 0.15) is 0 Å². The minimum Gasteiger partial charge on any atom is -0.307 e. The summed E-state index contributed by atoms with van der Waals surface area (Å²) in [6.07, 6.45) is 5.28. The van der Waals surface area contributed by atoms with Crippen LogP contribution in [0.15, 0.2) is 30.3 Å². The summed E-state index contributed by atoms with van der Waals surface area (Å²) in [5, 5.41) is 3.76. The van der Waals surface area contributed by atoms with E-state index < -0.39 is 0 Å². The first kappa shape index (κ1) is 16.5. The number of nitrogens with one attached hydrogen (secondary N) is 1. The molecule has 2 rings (SSSR count). The molecule has 1 aliphatic rings. The SMILES string of the molecule is CCCC1CNC(c2ccccc2)CN1CCCC(C)C. The standard InChI is InChI=1S/C19H32N2/c1-4-9-18-14-20-19(17-11-6-5-7-12-17)15-21(18)13-8-10-16(2)3/h5-7,11-12,16,18-20H,4,8-10,13-15H2,1-3H3. The zero-order valence-corrected chi connectivity index (χ0v) is 14.0. The fraction of sp³-hybridized carbons (Fsp3) is 0.684. The minimum absolute atomic E-state index is 0.498. The van der Waals surface area contributed by atoms with Crippen molar-refractivity contribution in [2.45, 2.75) is 58.5 Å². The molecule has 0 spiro atoms. The van der Waals surface area contributed by atoms with Gasteiger partial charge in [0.2, 0.25) is 0 Å². The van der Waals surface area contributed by atoms with Gasteiger partial charge in [0.05, 0.1) is 0 Å². The van der Waals surface area contributed by atoms with Crippen molar-refractivity contribution in [3.05, 3.63) is 35.9 Å². The molecule has 0 saturated carbocycles. The number of piperazine rings is 1. The molecule has 0 bridgehead atoms. The van der Waals surface area contributed by atoms with Crippen molar-refractivity contribution in [3.8, 4) is 0 Å². The molecule has 0 aliphatic carbocycles. The van der Waals surface area contributed by atoms with Gasteiger partial charge in [-0.05, 0) is 37.3 Å². The van der Waals surface area contributed by atoms with Crippen molar-refractivity contribution in [1.82, 2.24) is 10.2 Å². The van der Waals surface area contributed by atoms with Gasteiger partial charge < -0.3 is 5.32 Å². The zero-order valence-electron chi connectivity index (χ0n) is 14.0. The first-order chi connectivity index (χ1) is 10.2. The average molecular weight is 288 g/mol. The van der Waals surface area contributed by atoms with Crippen LogP contribution in [0.3, 0.4) is 0 Å². The van der Waals surface area contributed by atoms with Crippen molar-refractivity contribution in [3.63, 3.8) is 0 Å². The first-order valence-corrected chi connectivity index (χ1v) is 8.73. The Kier molecular flexibility index (Phi) is 6.72. The van der Waals surface area contributed by atoms with E-state index in [1.807, 2.05) is 0 Å². The number of benzene rings is 1. The second kappa shape index (κ2) is 8.55. The van der Waals surface area contributed by atoms with Crippen LogP contribution in [0.1, 0.15) is 58.1 Å². The molecular weight excluding hydrogens is 256 g/mol. The Labute approximate surface area is 130 Å². The molecule has 1 N–H and O–H groups in total. The molecule has 1 aliphatic heterocycles. The molecule has 2 nitrogen and oxygen atoms in total. The summed E-state index contributed by atoms with van der Waals surface area (Å²) in [6, 6.07) is 12.1. The van der Waals surface area contributed by atoms with E-state index in [2.05, 4.69) is 61.3 Å². The van der Waals surface area contributed by atoms with Gasteiger partial charge in [-0.15, -0.1) is 0 Å². The molecule has 0 aromatic heterocycles.